The molecule has 1 aliphatic rings. The standard InChI is InChI=1S/C13H11ClN4/c14-10-3-1-2-4-13(10)18-12-5-6-16-8-9(12)11(7-15)17-18/h1-4,16H,5-6,8H2. The van der Waals surface area contributed by atoms with Crippen LogP contribution in [0.15, 0.2) is 24.3 Å². The Morgan fingerprint density at radius 1 is 1.39 bits per heavy atom. The summed E-state index contributed by atoms with van der Waals surface area (Å²) in [7, 11) is 0. The minimum Gasteiger partial charge on any atom is -0.312 e. The van der Waals surface area contributed by atoms with E-state index in [1.165, 1.54) is 0 Å². The van der Waals surface area contributed by atoms with Crippen molar-refractivity contribution >= 4 is 11.6 Å². The summed E-state index contributed by atoms with van der Waals surface area (Å²) in [4.78, 5) is 0. The van der Waals surface area contributed by atoms with E-state index in [9.17, 15) is 0 Å². The zero-order valence-electron chi connectivity index (χ0n) is 9.65. The maximum absolute atomic E-state index is 9.14. The lowest BCUT2D eigenvalue weighted by molar-refractivity contribution is 0.622. The maximum atomic E-state index is 9.14. The van der Waals surface area contributed by atoms with Crippen molar-refractivity contribution in [2.45, 2.75) is 13.0 Å². The second kappa shape index (κ2) is 4.45. The van der Waals surface area contributed by atoms with Crippen LogP contribution in [0.2, 0.25) is 5.02 Å². The van der Waals surface area contributed by atoms with Gasteiger partial charge >= 0.3 is 0 Å². The Morgan fingerprint density at radius 3 is 3.00 bits per heavy atom. The summed E-state index contributed by atoms with van der Waals surface area (Å²) < 4.78 is 1.80. The van der Waals surface area contributed by atoms with Gasteiger partial charge in [0.1, 0.15) is 6.07 Å². The van der Waals surface area contributed by atoms with Gasteiger partial charge in [-0.25, -0.2) is 4.68 Å². The molecule has 90 valence electrons. The SMILES string of the molecule is N#Cc1nn(-c2ccccc2Cl)c2c1CNCC2. The lowest BCUT2D eigenvalue weighted by Crippen LogP contribution is -2.24. The summed E-state index contributed by atoms with van der Waals surface area (Å²) in [5.41, 5.74) is 3.39. The average Bonchev–Trinajstić information content (AvgIpc) is 2.78. The van der Waals surface area contributed by atoms with Gasteiger partial charge in [-0.05, 0) is 12.1 Å². The lowest BCUT2D eigenvalue weighted by Gasteiger charge is -2.15. The first-order chi connectivity index (χ1) is 8.81. The third-order valence-corrected chi connectivity index (χ3v) is 3.44. The third kappa shape index (κ3) is 1.69. The van der Waals surface area contributed by atoms with Gasteiger partial charge in [0.15, 0.2) is 5.69 Å². The molecule has 5 heteroatoms. The van der Waals surface area contributed by atoms with Crippen LogP contribution in [0.5, 0.6) is 0 Å². The molecular formula is C13H11ClN4. The molecule has 0 amide bonds. The van der Waals surface area contributed by atoms with Gasteiger partial charge in [-0.1, -0.05) is 23.7 Å². The summed E-state index contributed by atoms with van der Waals surface area (Å²) in [6.07, 6.45) is 0.856. The highest BCUT2D eigenvalue weighted by Gasteiger charge is 2.21. The topological polar surface area (TPSA) is 53.6 Å². The van der Waals surface area contributed by atoms with Crippen molar-refractivity contribution in [3.63, 3.8) is 0 Å². The molecule has 18 heavy (non-hydrogen) atoms. The van der Waals surface area contributed by atoms with E-state index in [1.807, 2.05) is 24.3 Å². The molecule has 0 saturated heterocycles. The van der Waals surface area contributed by atoms with Crippen molar-refractivity contribution < 1.29 is 0 Å². The second-order valence-electron chi connectivity index (χ2n) is 4.18. The highest BCUT2D eigenvalue weighted by molar-refractivity contribution is 6.32. The van der Waals surface area contributed by atoms with E-state index in [0.717, 1.165) is 29.9 Å². The van der Waals surface area contributed by atoms with Gasteiger partial charge < -0.3 is 5.32 Å². The van der Waals surface area contributed by atoms with Crippen LogP contribution in [0.3, 0.4) is 0 Å². The van der Waals surface area contributed by atoms with E-state index in [-0.39, 0.29) is 0 Å². The molecule has 0 radical (unpaired) electrons. The molecule has 4 nitrogen and oxygen atoms in total. The van der Waals surface area contributed by atoms with Crippen LogP contribution in [0, 0.1) is 11.3 Å². The Bertz CT molecular complexity index is 639. The summed E-state index contributed by atoms with van der Waals surface area (Å²) in [6.45, 7) is 1.59. The van der Waals surface area contributed by atoms with E-state index in [1.54, 1.807) is 4.68 Å². The van der Waals surface area contributed by atoms with Gasteiger partial charge in [-0.2, -0.15) is 10.4 Å². The van der Waals surface area contributed by atoms with Crippen LogP contribution in [0.1, 0.15) is 17.0 Å². The second-order valence-corrected chi connectivity index (χ2v) is 4.58. The van der Waals surface area contributed by atoms with Crippen LogP contribution < -0.4 is 5.32 Å². The molecule has 1 aliphatic heterocycles. The fraction of sp³-hybridized carbons (Fsp3) is 0.231. The van der Waals surface area contributed by atoms with Crippen molar-refractivity contribution in [2.24, 2.45) is 0 Å². The predicted octanol–water partition coefficient (Wildman–Crippen LogP) is 2.04. The predicted molar refractivity (Wildman–Crippen MR) is 68.7 cm³/mol. The maximum Gasteiger partial charge on any atom is 0.167 e. The highest BCUT2D eigenvalue weighted by Crippen LogP contribution is 2.25. The Hall–Kier alpha value is -1.83. The minimum atomic E-state index is 0.483. The number of hydrogen-bond acceptors (Lipinski definition) is 3. The van der Waals surface area contributed by atoms with E-state index in [2.05, 4.69) is 16.5 Å². The van der Waals surface area contributed by atoms with E-state index >= 15 is 0 Å². The molecule has 0 saturated carbocycles. The average molecular weight is 259 g/mol. The van der Waals surface area contributed by atoms with Gasteiger partial charge in [0.05, 0.1) is 16.4 Å². The van der Waals surface area contributed by atoms with Crippen molar-refractivity contribution in [3.05, 3.63) is 46.2 Å². The molecule has 0 aliphatic carbocycles. The Kier molecular flexibility index (Phi) is 2.78. The van der Waals surface area contributed by atoms with Crippen molar-refractivity contribution in [1.29, 1.82) is 5.26 Å². The molecule has 2 aromatic rings. The quantitative estimate of drug-likeness (QED) is 0.852. The number of nitrogens with one attached hydrogen (secondary N) is 1. The molecule has 1 aromatic heterocycles. The van der Waals surface area contributed by atoms with Gasteiger partial charge in [0, 0.05) is 25.1 Å². The highest BCUT2D eigenvalue weighted by atomic mass is 35.5. The van der Waals surface area contributed by atoms with Crippen LogP contribution >= 0.6 is 11.6 Å². The fourth-order valence-electron chi connectivity index (χ4n) is 2.26. The molecule has 0 unspecified atom stereocenters. The van der Waals surface area contributed by atoms with Crippen molar-refractivity contribution in [3.8, 4) is 11.8 Å². The van der Waals surface area contributed by atoms with Gasteiger partial charge in [-0.15, -0.1) is 0 Å². The number of nitrogens with zero attached hydrogens (tertiary/aromatic N) is 3. The number of aromatic nitrogens is 2. The van der Waals surface area contributed by atoms with E-state index in [4.69, 9.17) is 16.9 Å². The van der Waals surface area contributed by atoms with E-state index in [0.29, 0.717) is 17.3 Å². The summed E-state index contributed by atoms with van der Waals surface area (Å²) >= 11 is 6.19. The monoisotopic (exact) mass is 258 g/mol. The Balaban J connectivity index is 2.22. The number of nitriles is 1. The number of rotatable bonds is 1. The number of para-hydroxylation sites is 1. The third-order valence-electron chi connectivity index (χ3n) is 3.12. The summed E-state index contributed by atoms with van der Waals surface area (Å²) in [6, 6.07) is 9.70. The van der Waals surface area contributed by atoms with Crippen molar-refractivity contribution in [1.82, 2.24) is 15.1 Å². The smallest absolute Gasteiger partial charge is 0.167 e. The molecular weight excluding hydrogens is 248 g/mol. The molecule has 0 fully saturated rings. The van der Waals surface area contributed by atoms with Crippen LogP contribution in [-0.2, 0) is 13.0 Å². The van der Waals surface area contributed by atoms with Gasteiger partial charge in [0.25, 0.3) is 0 Å². The van der Waals surface area contributed by atoms with Crippen molar-refractivity contribution in [2.75, 3.05) is 6.54 Å². The number of benzene rings is 1. The molecule has 1 N–H and O–H groups in total. The fourth-order valence-corrected chi connectivity index (χ4v) is 2.48. The molecule has 2 heterocycles. The molecule has 1 aromatic carbocycles. The first-order valence-corrected chi connectivity index (χ1v) is 6.15. The first kappa shape index (κ1) is 11.3. The molecule has 3 rings (SSSR count). The molecule has 0 atom stereocenters. The first-order valence-electron chi connectivity index (χ1n) is 5.77. The van der Waals surface area contributed by atoms with E-state index < -0.39 is 0 Å². The van der Waals surface area contributed by atoms with Crippen LogP contribution in [0.25, 0.3) is 5.69 Å². The normalized spacial score (nSPS) is 14.0. The lowest BCUT2D eigenvalue weighted by atomic mass is 10.1. The van der Waals surface area contributed by atoms with Gasteiger partial charge in [-0.3, -0.25) is 0 Å². The molecule has 0 bridgehead atoms. The summed E-state index contributed by atoms with van der Waals surface area (Å²) in [5.74, 6) is 0. The Morgan fingerprint density at radius 2 is 2.22 bits per heavy atom. The number of fused-ring (bicyclic) bond motifs is 1. The number of hydrogen-bond donors (Lipinski definition) is 1. The zero-order chi connectivity index (χ0) is 12.5. The minimum absolute atomic E-state index is 0.483. The Labute approximate surface area is 110 Å². The zero-order valence-corrected chi connectivity index (χ0v) is 10.4. The van der Waals surface area contributed by atoms with Crippen LogP contribution in [0.4, 0.5) is 0 Å². The summed E-state index contributed by atoms with van der Waals surface area (Å²) in [5, 5.41) is 17.4. The van der Waals surface area contributed by atoms with Gasteiger partial charge in [0.2, 0.25) is 0 Å². The molecule has 0 spiro atoms. The number of halogens is 1. The largest absolute Gasteiger partial charge is 0.312 e. The van der Waals surface area contributed by atoms with Crippen LogP contribution in [-0.4, -0.2) is 16.3 Å².